The van der Waals surface area contributed by atoms with Gasteiger partial charge in [0.1, 0.15) is 5.75 Å². The molecule has 1 aliphatic heterocycles. The molecule has 0 radical (unpaired) electrons. The Hall–Kier alpha value is -1.59. The van der Waals surface area contributed by atoms with Gasteiger partial charge in [0.05, 0.1) is 19.3 Å². The normalized spacial score (nSPS) is 17.1. The van der Waals surface area contributed by atoms with Crippen LogP contribution < -0.4 is 4.74 Å². The van der Waals surface area contributed by atoms with Crippen molar-refractivity contribution < 1.29 is 19.4 Å². The number of hydrogen-bond donors (Lipinski definition) is 1. The fourth-order valence-corrected chi connectivity index (χ4v) is 1.91. The molecule has 1 heterocycles. The molecule has 0 saturated carbocycles. The first-order valence-corrected chi connectivity index (χ1v) is 6.43. The smallest absolute Gasteiger partial charge is 0.260 e. The summed E-state index contributed by atoms with van der Waals surface area (Å²) in [5.41, 5.74) is 0.774. The van der Waals surface area contributed by atoms with Crippen LogP contribution in [0.1, 0.15) is 18.6 Å². The second kappa shape index (κ2) is 6.54. The highest BCUT2D eigenvalue weighted by Gasteiger charge is 2.17. The average Bonchev–Trinajstić information content (AvgIpc) is 2.46. The average molecular weight is 265 g/mol. The van der Waals surface area contributed by atoms with Gasteiger partial charge in [0, 0.05) is 13.1 Å². The van der Waals surface area contributed by atoms with Crippen LogP contribution in [0.2, 0.25) is 0 Å². The van der Waals surface area contributed by atoms with Crippen molar-refractivity contribution >= 4 is 5.91 Å². The highest BCUT2D eigenvalue weighted by molar-refractivity contribution is 5.77. The van der Waals surface area contributed by atoms with Gasteiger partial charge in [-0.25, -0.2) is 0 Å². The molecule has 1 aliphatic rings. The van der Waals surface area contributed by atoms with Gasteiger partial charge in [-0.1, -0.05) is 12.1 Å². The van der Waals surface area contributed by atoms with Crippen LogP contribution in [0.15, 0.2) is 24.3 Å². The molecule has 1 fully saturated rings. The van der Waals surface area contributed by atoms with Crippen LogP contribution in [0.4, 0.5) is 0 Å². The molecule has 0 spiro atoms. The molecule has 19 heavy (non-hydrogen) atoms. The number of amides is 1. The number of carbonyl (C=O) groups is 1. The lowest BCUT2D eigenvalue weighted by atomic mass is 10.1. The van der Waals surface area contributed by atoms with Gasteiger partial charge in [-0.05, 0) is 24.6 Å². The summed E-state index contributed by atoms with van der Waals surface area (Å²) in [6.45, 7) is 4.12. The Kier molecular flexibility index (Phi) is 4.76. The predicted molar refractivity (Wildman–Crippen MR) is 70.0 cm³/mol. The zero-order valence-electron chi connectivity index (χ0n) is 11.0. The summed E-state index contributed by atoms with van der Waals surface area (Å²) in [6.07, 6.45) is -0.543. The minimum atomic E-state index is -0.543. The molecular weight excluding hydrogens is 246 g/mol. The lowest BCUT2D eigenvalue weighted by molar-refractivity contribution is -0.137. The van der Waals surface area contributed by atoms with E-state index in [9.17, 15) is 9.90 Å². The van der Waals surface area contributed by atoms with E-state index in [1.807, 2.05) is 6.07 Å². The van der Waals surface area contributed by atoms with E-state index in [4.69, 9.17) is 9.47 Å². The molecule has 5 heteroatoms. The van der Waals surface area contributed by atoms with E-state index >= 15 is 0 Å². The summed E-state index contributed by atoms with van der Waals surface area (Å²) >= 11 is 0. The monoisotopic (exact) mass is 265 g/mol. The van der Waals surface area contributed by atoms with Gasteiger partial charge in [0.15, 0.2) is 6.61 Å². The van der Waals surface area contributed by atoms with E-state index in [0.717, 1.165) is 5.56 Å². The molecule has 1 aromatic carbocycles. The number of nitrogens with zero attached hydrogens (tertiary/aromatic N) is 1. The van der Waals surface area contributed by atoms with Crippen molar-refractivity contribution in [2.45, 2.75) is 13.0 Å². The first-order chi connectivity index (χ1) is 9.16. The molecule has 1 saturated heterocycles. The van der Waals surface area contributed by atoms with Crippen LogP contribution in [0.5, 0.6) is 5.75 Å². The van der Waals surface area contributed by atoms with Crippen molar-refractivity contribution in [1.29, 1.82) is 0 Å². The second-order valence-electron chi connectivity index (χ2n) is 4.53. The fraction of sp³-hybridized carbons (Fsp3) is 0.500. The van der Waals surface area contributed by atoms with Crippen molar-refractivity contribution in [1.82, 2.24) is 4.90 Å². The third kappa shape index (κ3) is 3.94. The Morgan fingerprint density at radius 3 is 2.89 bits per heavy atom. The van der Waals surface area contributed by atoms with E-state index in [-0.39, 0.29) is 12.5 Å². The van der Waals surface area contributed by atoms with Gasteiger partial charge >= 0.3 is 0 Å². The van der Waals surface area contributed by atoms with Crippen LogP contribution in [0.25, 0.3) is 0 Å². The van der Waals surface area contributed by atoms with E-state index in [0.29, 0.717) is 32.1 Å². The van der Waals surface area contributed by atoms with Crippen LogP contribution in [-0.2, 0) is 9.53 Å². The Balaban J connectivity index is 1.87. The Morgan fingerprint density at radius 2 is 2.21 bits per heavy atom. The summed E-state index contributed by atoms with van der Waals surface area (Å²) in [5, 5.41) is 9.48. The number of carbonyl (C=O) groups excluding carboxylic acids is 1. The van der Waals surface area contributed by atoms with Gasteiger partial charge in [-0.15, -0.1) is 0 Å². The van der Waals surface area contributed by atoms with Gasteiger partial charge < -0.3 is 19.5 Å². The number of benzene rings is 1. The first-order valence-electron chi connectivity index (χ1n) is 6.43. The molecule has 1 amide bonds. The van der Waals surface area contributed by atoms with E-state index in [1.54, 1.807) is 30.0 Å². The minimum absolute atomic E-state index is 0.0171. The number of aliphatic hydroxyl groups excluding tert-OH is 1. The largest absolute Gasteiger partial charge is 0.484 e. The fourth-order valence-electron chi connectivity index (χ4n) is 1.91. The van der Waals surface area contributed by atoms with E-state index < -0.39 is 6.10 Å². The molecule has 0 aliphatic carbocycles. The second-order valence-corrected chi connectivity index (χ2v) is 4.53. The maximum Gasteiger partial charge on any atom is 0.260 e. The molecule has 0 aromatic heterocycles. The maximum atomic E-state index is 11.9. The van der Waals surface area contributed by atoms with Crippen molar-refractivity contribution in [3.05, 3.63) is 29.8 Å². The highest BCUT2D eigenvalue weighted by atomic mass is 16.5. The molecule has 1 atom stereocenters. The zero-order valence-corrected chi connectivity index (χ0v) is 11.0. The molecule has 1 aromatic rings. The van der Waals surface area contributed by atoms with Crippen molar-refractivity contribution in [2.75, 3.05) is 32.9 Å². The summed E-state index contributed by atoms with van der Waals surface area (Å²) < 4.78 is 10.7. The standard InChI is InChI=1S/C14H19NO4/c1-11(16)12-3-2-4-13(9-12)19-10-14(17)15-5-7-18-8-6-15/h2-4,9,11,16H,5-8,10H2,1H3/t11-/m0/s1. The topological polar surface area (TPSA) is 59.0 Å². The highest BCUT2D eigenvalue weighted by Crippen LogP contribution is 2.18. The van der Waals surface area contributed by atoms with Crippen LogP contribution in [0, 0.1) is 0 Å². The molecule has 104 valence electrons. The van der Waals surface area contributed by atoms with Crippen molar-refractivity contribution in [3.63, 3.8) is 0 Å². The number of aliphatic hydroxyl groups is 1. The predicted octanol–water partition coefficient (Wildman–Crippen LogP) is 0.978. The summed E-state index contributed by atoms with van der Waals surface area (Å²) in [7, 11) is 0. The lowest BCUT2D eigenvalue weighted by Gasteiger charge is -2.26. The van der Waals surface area contributed by atoms with Crippen molar-refractivity contribution in [3.8, 4) is 5.75 Å². The molecule has 1 N–H and O–H groups in total. The molecule has 2 rings (SSSR count). The van der Waals surface area contributed by atoms with Gasteiger partial charge in [0.25, 0.3) is 5.91 Å². The van der Waals surface area contributed by atoms with Gasteiger partial charge in [-0.3, -0.25) is 4.79 Å². The number of ether oxygens (including phenoxy) is 2. The van der Waals surface area contributed by atoms with Crippen molar-refractivity contribution in [2.24, 2.45) is 0 Å². The molecule has 5 nitrogen and oxygen atoms in total. The number of hydrogen-bond acceptors (Lipinski definition) is 4. The molecule has 0 unspecified atom stereocenters. The van der Waals surface area contributed by atoms with Gasteiger partial charge in [0.2, 0.25) is 0 Å². The first kappa shape index (κ1) is 13.8. The van der Waals surface area contributed by atoms with Crippen LogP contribution in [-0.4, -0.2) is 48.8 Å². The van der Waals surface area contributed by atoms with E-state index in [2.05, 4.69) is 0 Å². The lowest BCUT2D eigenvalue weighted by Crippen LogP contribution is -2.42. The molecular formula is C14H19NO4. The Morgan fingerprint density at radius 1 is 1.47 bits per heavy atom. The Bertz CT molecular complexity index is 427. The minimum Gasteiger partial charge on any atom is -0.484 e. The number of rotatable bonds is 4. The van der Waals surface area contributed by atoms with Crippen LogP contribution >= 0.6 is 0 Å². The van der Waals surface area contributed by atoms with Crippen LogP contribution in [0.3, 0.4) is 0 Å². The maximum absolute atomic E-state index is 11.9. The van der Waals surface area contributed by atoms with Gasteiger partial charge in [-0.2, -0.15) is 0 Å². The third-order valence-electron chi connectivity index (χ3n) is 3.07. The number of morpholine rings is 1. The summed E-state index contributed by atoms with van der Waals surface area (Å²) in [6, 6.07) is 7.15. The third-order valence-corrected chi connectivity index (χ3v) is 3.07. The zero-order chi connectivity index (χ0) is 13.7. The summed E-state index contributed by atoms with van der Waals surface area (Å²) in [4.78, 5) is 13.6. The van der Waals surface area contributed by atoms with E-state index in [1.165, 1.54) is 0 Å². The Labute approximate surface area is 112 Å². The summed E-state index contributed by atoms with van der Waals surface area (Å²) in [5.74, 6) is 0.561. The quantitative estimate of drug-likeness (QED) is 0.881. The molecule has 0 bridgehead atoms. The SMILES string of the molecule is C[C@H](O)c1cccc(OCC(=O)N2CCOCC2)c1.